The highest BCUT2D eigenvalue weighted by Crippen LogP contribution is 2.20. The van der Waals surface area contributed by atoms with Crippen molar-refractivity contribution in [1.82, 2.24) is 9.97 Å². The second-order valence-corrected chi connectivity index (χ2v) is 5.42. The fraction of sp³-hybridized carbons (Fsp3) is 0.235. The first-order chi connectivity index (χ1) is 12.5. The van der Waals surface area contributed by atoms with Gasteiger partial charge in [0.15, 0.2) is 12.3 Å². The zero-order chi connectivity index (χ0) is 18.9. The molecule has 1 amide bonds. The van der Waals surface area contributed by atoms with E-state index in [4.69, 9.17) is 21.1 Å². The lowest BCUT2D eigenvalue weighted by Gasteiger charge is -2.10. The van der Waals surface area contributed by atoms with E-state index >= 15 is 0 Å². The summed E-state index contributed by atoms with van der Waals surface area (Å²) in [4.78, 5) is 31.7. The van der Waals surface area contributed by atoms with Crippen molar-refractivity contribution in [2.75, 3.05) is 18.5 Å². The Hall–Kier alpha value is -3.18. The number of esters is 1. The number of nitrogens with zero attached hydrogens (tertiary/aromatic N) is 3. The first kappa shape index (κ1) is 19.1. The first-order valence-corrected chi connectivity index (χ1v) is 8.03. The molecule has 26 heavy (non-hydrogen) atoms. The molecule has 0 aliphatic rings. The first-order valence-electron chi connectivity index (χ1n) is 7.65. The number of aromatic nitrogens is 2. The number of anilines is 1. The van der Waals surface area contributed by atoms with Crippen molar-refractivity contribution in [2.24, 2.45) is 0 Å². The van der Waals surface area contributed by atoms with Crippen LogP contribution < -0.4 is 10.1 Å². The highest BCUT2D eigenvalue weighted by Gasteiger charge is 2.19. The molecule has 0 saturated heterocycles. The molecule has 0 atom stereocenters. The standard InChI is InChI=1S/C17H15ClN4O4/c1-2-7-25-17(24)16-12(8-19)13(5-6-20-16)26-10-15(23)22-14-4-3-11(18)9-21-14/h3-6,9H,2,7,10H2,1H3,(H,21,22,23). The molecule has 0 aliphatic heterocycles. The van der Waals surface area contributed by atoms with Crippen LogP contribution in [0.2, 0.25) is 5.02 Å². The van der Waals surface area contributed by atoms with Crippen LogP contribution in [-0.4, -0.2) is 35.1 Å². The Labute approximate surface area is 154 Å². The summed E-state index contributed by atoms with van der Waals surface area (Å²) in [6, 6.07) is 6.36. The van der Waals surface area contributed by atoms with Crippen molar-refractivity contribution in [1.29, 1.82) is 5.26 Å². The number of carbonyl (C=O) groups excluding carboxylic acids is 2. The van der Waals surface area contributed by atoms with Crippen LogP contribution in [0.15, 0.2) is 30.6 Å². The van der Waals surface area contributed by atoms with Gasteiger partial charge in [-0.15, -0.1) is 0 Å². The van der Waals surface area contributed by atoms with E-state index in [2.05, 4.69) is 15.3 Å². The van der Waals surface area contributed by atoms with Gasteiger partial charge in [0.2, 0.25) is 0 Å². The van der Waals surface area contributed by atoms with Crippen LogP contribution in [0.4, 0.5) is 5.82 Å². The normalized spacial score (nSPS) is 9.88. The third kappa shape index (κ3) is 5.16. The van der Waals surface area contributed by atoms with Gasteiger partial charge in [-0.1, -0.05) is 18.5 Å². The minimum Gasteiger partial charge on any atom is -0.482 e. The molecule has 2 heterocycles. The monoisotopic (exact) mass is 374 g/mol. The topological polar surface area (TPSA) is 114 Å². The van der Waals surface area contributed by atoms with Crippen LogP contribution >= 0.6 is 11.6 Å². The summed E-state index contributed by atoms with van der Waals surface area (Å²) in [5.41, 5.74) is -0.246. The van der Waals surface area contributed by atoms with Crippen molar-refractivity contribution < 1.29 is 19.1 Å². The Kier molecular flexibility index (Phi) is 6.88. The Balaban J connectivity index is 2.04. The third-order valence-electron chi connectivity index (χ3n) is 3.01. The lowest BCUT2D eigenvalue weighted by atomic mass is 10.2. The predicted octanol–water partition coefficient (Wildman–Crippen LogP) is 2.59. The molecule has 8 nitrogen and oxygen atoms in total. The van der Waals surface area contributed by atoms with Crippen LogP contribution in [0.5, 0.6) is 5.75 Å². The van der Waals surface area contributed by atoms with Gasteiger partial charge in [-0.25, -0.2) is 14.8 Å². The number of carbonyl (C=O) groups is 2. The molecule has 0 saturated carbocycles. The van der Waals surface area contributed by atoms with Gasteiger partial charge in [-0.3, -0.25) is 4.79 Å². The molecule has 0 spiro atoms. The highest BCUT2D eigenvalue weighted by atomic mass is 35.5. The van der Waals surface area contributed by atoms with Gasteiger partial charge >= 0.3 is 5.97 Å². The molecule has 2 aromatic heterocycles. The molecule has 0 radical (unpaired) electrons. The highest BCUT2D eigenvalue weighted by molar-refractivity contribution is 6.30. The SMILES string of the molecule is CCCOC(=O)c1nccc(OCC(=O)Nc2ccc(Cl)cn2)c1C#N. The molecular formula is C17H15ClN4O4. The Morgan fingerprint density at radius 3 is 2.77 bits per heavy atom. The second kappa shape index (κ2) is 9.34. The van der Waals surface area contributed by atoms with Crippen LogP contribution in [-0.2, 0) is 9.53 Å². The van der Waals surface area contributed by atoms with Gasteiger partial charge in [0.1, 0.15) is 23.2 Å². The average molecular weight is 375 g/mol. The van der Waals surface area contributed by atoms with Gasteiger partial charge < -0.3 is 14.8 Å². The van der Waals surface area contributed by atoms with E-state index in [1.165, 1.54) is 24.5 Å². The summed E-state index contributed by atoms with van der Waals surface area (Å²) in [6.45, 7) is 1.68. The molecule has 0 fully saturated rings. The molecule has 134 valence electrons. The summed E-state index contributed by atoms with van der Waals surface area (Å²) in [6.07, 6.45) is 3.34. The molecule has 0 aromatic carbocycles. The zero-order valence-corrected chi connectivity index (χ0v) is 14.6. The Bertz CT molecular complexity index is 834. The maximum absolute atomic E-state index is 12.0. The van der Waals surface area contributed by atoms with Gasteiger partial charge in [0.05, 0.1) is 11.6 Å². The molecule has 2 rings (SSSR count). The molecule has 2 aromatic rings. The minimum atomic E-state index is -0.719. The summed E-state index contributed by atoms with van der Waals surface area (Å²) < 4.78 is 10.3. The molecule has 0 unspecified atom stereocenters. The van der Waals surface area contributed by atoms with Crippen molar-refractivity contribution in [3.63, 3.8) is 0 Å². The van der Waals surface area contributed by atoms with E-state index in [0.29, 0.717) is 17.3 Å². The lowest BCUT2D eigenvalue weighted by molar-refractivity contribution is -0.118. The minimum absolute atomic E-state index is 0.0603. The molecular weight excluding hydrogens is 360 g/mol. The van der Waals surface area contributed by atoms with Crippen LogP contribution in [0, 0.1) is 11.3 Å². The summed E-state index contributed by atoms with van der Waals surface area (Å²) in [7, 11) is 0. The smallest absolute Gasteiger partial charge is 0.358 e. The number of pyridine rings is 2. The quantitative estimate of drug-likeness (QED) is 0.740. The maximum Gasteiger partial charge on any atom is 0.358 e. The number of halogens is 1. The third-order valence-corrected chi connectivity index (χ3v) is 3.23. The summed E-state index contributed by atoms with van der Waals surface area (Å²) >= 11 is 5.72. The van der Waals surface area contributed by atoms with Crippen molar-refractivity contribution in [3.8, 4) is 11.8 Å². The summed E-state index contributed by atoms with van der Waals surface area (Å²) in [5, 5.41) is 12.3. The number of rotatable bonds is 7. The van der Waals surface area contributed by atoms with Crippen LogP contribution in [0.3, 0.4) is 0 Å². The van der Waals surface area contributed by atoms with E-state index in [9.17, 15) is 14.9 Å². The molecule has 0 bridgehead atoms. The Morgan fingerprint density at radius 2 is 2.12 bits per heavy atom. The van der Waals surface area contributed by atoms with Gasteiger partial charge in [0.25, 0.3) is 5.91 Å². The zero-order valence-electron chi connectivity index (χ0n) is 13.9. The van der Waals surface area contributed by atoms with Gasteiger partial charge in [-0.05, 0) is 24.6 Å². The van der Waals surface area contributed by atoms with E-state index in [1.807, 2.05) is 13.0 Å². The van der Waals surface area contributed by atoms with Crippen molar-refractivity contribution >= 4 is 29.3 Å². The van der Waals surface area contributed by atoms with E-state index in [0.717, 1.165) is 0 Å². The van der Waals surface area contributed by atoms with Gasteiger partial charge in [0, 0.05) is 12.4 Å². The largest absolute Gasteiger partial charge is 0.482 e. The van der Waals surface area contributed by atoms with E-state index in [-0.39, 0.29) is 30.2 Å². The fourth-order valence-electron chi connectivity index (χ4n) is 1.86. The van der Waals surface area contributed by atoms with Crippen molar-refractivity contribution in [2.45, 2.75) is 13.3 Å². The molecule has 1 N–H and O–H groups in total. The number of nitriles is 1. The van der Waals surface area contributed by atoms with Crippen molar-refractivity contribution in [3.05, 3.63) is 46.9 Å². The summed E-state index contributed by atoms with van der Waals surface area (Å²) in [5.74, 6) is -0.841. The number of hydrogen-bond acceptors (Lipinski definition) is 7. The van der Waals surface area contributed by atoms with Gasteiger partial charge in [-0.2, -0.15) is 5.26 Å². The molecule has 9 heteroatoms. The van der Waals surface area contributed by atoms with Crippen LogP contribution in [0.25, 0.3) is 0 Å². The second-order valence-electron chi connectivity index (χ2n) is 4.98. The Morgan fingerprint density at radius 1 is 1.31 bits per heavy atom. The number of amides is 1. The predicted molar refractivity (Wildman–Crippen MR) is 92.9 cm³/mol. The fourth-order valence-corrected chi connectivity index (χ4v) is 1.97. The number of hydrogen-bond donors (Lipinski definition) is 1. The maximum atomic E-state index is 12.0. The van der Waals surface area contributed by atoms with E-state index < -0.39 is 11.9 Å². The van der Waals surface area contributed by atoms with E-state index in [1.54, 1.807) is 6.07 Å². The van der Waals surface area contributed by atoms with Crippen LogP contribution in [0.1, 0.15) is 29.4 Å². The average Bonchev–Trinajstić information content (AvgIpc) is 2.65. The molecule has 0 aliphatic carbocycles. The number of nitrogens with one attached hydrogen (secondary N) is 1. The lowest BCUT2D eigenvalue weighted by Crippen LogP contribution is -2.21. The number of ether oxygens (including phenoxy) is 2.